The Hall–Kier alpha value is -3.15. The average molecular weight is 501 g/mol. The lowest BCUT2D eigenvalue weighted by Gasteiger charge is -2.30. The van der Waals surface area contributed by atoms with Gasteiger partial charge in [0.1, 0.15) is 0 Å². The van der Waals surface area contributed by atoms with Crippen molar-refractivity contribution in [3.8, 4) is 0 Å². The molecule has 1 atom stereocenters. The highest BCUT2D eigenvalue weighted by Crippen LogP contribution is 2.25. The normalized spacial score (nSPS) is 17.7. The molecule has 178 valence electrons. The summed E-state index contributed by atoms with van der Waals surface area (Å²) in [7, 11) is -3.62. The van der Waals surface area contributed by atoms with Crippen molar-refractivity contribution in [3.63, 3.8) is 0 Å². The fourth-order valence-corrected chi connectivity index (χ4v) is 6.67. The van der Waals surface area contributed by atoms with Gasteiger partial charge in [-0.05, 0) is 49.1 Å². The number of hydrogen-bond donors (Lipinski definition) is 0. The van der Waals surface area contributed by atoms with Gasteiger partial charge in [-0.3, -0.25) is 14.9 Å². The number of allylic oxidation sites excluding steroid dienone is 1. The van der Waals surface area contributed by atoms with Crippen LogP contribution in [0, 0.1) is 16.0 Å². The Balaban J connectivity index is 1.65. The van der Waals surface area contributed by atoms with Crippen LogP contribution in [-0.2, 0) is 16.6 Å². The van der Waals surface area contributed by atoms with Gasteiger partial charge in [0.15, 0.2) is 4.80 Å². The van der Waals surface area contributed by atoms with Crippen LogP contribution in [0.15, 0.2) is 65.0 Å². The van der Waals surface area contributed by atoms with Crippen LogP contribution in [-0.4, -0.2) is 41.2 Å². The van der Waals surface area contributed by atoms with Crippen molar-refractivity contribution in [2.24, 2.45) is 10.9 Å². The quantitative estimate of drug-likeness (QED) is 0.289. The minimum Gasteiger partial charge on any atom is -0.312 e. The highest BCUT2D eigenvalue weighted by Gasteiger charge is 2.28. The molecule has 34 heavy (non-hydrogen) atoms. The molecular formula is C23H24N4O5S2. The maximum atomic E-state index is 13.0. The summed E-state index contributed by atoms with van der Waals surface area (Å²) in [6.45, 7) is 7.13. The topological polar surface area (TPSA) is 115 Å². The van der Waals surface area contributed by atoms with E-state index < -0.39 is 20.9 Å². The molecule has 1 saturated heterocycles. The van der Waals surface area contributed by atoms with Gasteiger partial charge in [-0.2, -0.15) is 9.30 Å². The summed E-state index contributed by atoms with van der Waals surface area (Å²) in [5, 5.41) is 11.1. The summed E-state index contributed by atoms with van der Waals surface area (Å²) in [4.78, 5) is 28.2. The molecule has 0 saturated carbocycles. The zero-order chi connectivity index (χ0) is 24.5. The van der Waals surface area contributed by atoms with Gasteiger partial charge in [0, 0.05) is 37.3 Å². The fraction of sp³-hybridized carbons (Fsp3) is 0.304. The van der Waals surface area contributed by atoms with Gasteiger partial charge in [-0.15, -0.1) is 6.58 Å². The molecule has 2 aromatic carbocycles. The monoisotopic (exact) mass is 500 g/mol. The Bertz CT molecular complexity index is 1440. The lowest BCUT2D eigenvalue weighted by atomic mass is 10.0. The van der Waals surface area contributed by atoms with E-state index in [1.165, 1.54) is 52.0 Å². The number of carbonyl (C=O) groups excluding carboxylic acids is 1. The Morgan fingerprint density at radius 1 is 1.29 bits per heavy atom. The van der Waals surface area contributed by atoms with E-state index in [9.17, 15) is 23.3 Å². The molecule has 1 unspecified atom stereocenters. The first-order valence-corrected chi connectivity index (χ1v) is 13.0. The summed E-state index contributed by atoms with van der Waals surface area (Å²) in [6.07, 6.45) is 3.49. The number of non-ortho nitro benzene ring substituents is 1. The zero-order valence-corrected chi connectivity index (χ0v) is 20.2. The molecule has 1 aromatic heterocycles. The smallest absolute Gasteiger partial charge is 0.279 e. The van der Waals surface area contributed by atoms with E-state index >= 15 is 0 Å². The van der Waals surface area contributed by atoms with E-state index in [-0.39, 0.29) is 16.1 Å². The molecule has 0 N–H and O–H groups in total. The van der Waals surface area contributed by atoms with E-state index in [1.54, 1.807) is 16.7 Å². The molecule has 1 amide bonds. The molecule has 0 spiro atoms. The minimum absolute atomic E-state index is 0.0442. The number of rotatable bonds is 6. The lowest BCUT2D eigenvalue weighted by molar-refractivity contribution is -0.384. The standard InChI is InChI=1S/C23H24N4O5S2/c1-3-12-26-20-11-8-18(27(29)30)14-21(20)33-23(26)24-22(28)17-6-9-19(10-7-17)34(31,32)25-13-4-5-16(2)15-25/h3,6-11,14,16H,1,4-5,12-13,15H2,2H3. The van der Waals surface area contributed by atoms with Crippen LogP contribution < -0.4 is 4.80 Å². The van der Waals surface area contributed by atoms with Crippen molar-refractivity contribution >= 4 is 43.2 Å². The van der Waals surface area contributed by atoms with Crippen molar-refractivity contribution in [1.82, 2.24) is 8.87 Å². The van der Waals surface area contributed by atoms with Gasteiger partial charge in [0.2, 0.25) is 10.0 Å². The summed E-state index contributed by atoms with van der Waals surface area (Å²) >= 11 is 1.17. The third kappa shape index (κ3) is 4.72. The number of fused-ring (bicyclic) bond motifs is 1. The number of thiazole rings is 1. The molecule has 1 aliphatic rings. The van der Waals surface area contributed by atoms with Crippen molar-refractivity contribution < 1.29 is 18.1 Å². The first-order chi connectivity index (χ1) is 16.2. The SMILES string of the molecule is C=CCn1c(=NC(=O)c2ccc(S(=O)(=O)N3CCCC(C)C3)cc2)sc2cc([N+](=O)[O-])ccc21. The number of amides is 1. The number of benzene rings is 2. The predicted molar refractivity (Wildman–Crippen MR) is 130 cm³/mol. The minimum atomic E-state index is -3.62. The lowest BCUT2D eigenvalue weighted by Crippen LogP contribution is -2.39. The second-order valence-corrected chi connectivity index (χ2v) is 11.2. The Kier molecular flexibility index (Phi) is 6.78. The second kappa shape index (κ2) is 9.61. The molecule has 3 aromatic rings. The first kappa shape index (κ1) is 24.0. The number of nitro groups is 1. The molecule has 9 nitrogen and oxygen atoms in total. The molecule has 1 aliphatic heterocycles. The van der Waals surface area contributed by atoms with Crippen molar-refractivity contribution in [2.75, 3.05) is 13.1 Å². The van der Waals surface area contributed by atoms with Crippen LogP contribution >= 0.6 is 11.3 Å². The van der Waals surface area contributed by atoms with Crippen LogP contribution in [0.2, 0.25) is 0 Å². The number of carbonyl (C=O) groups is 1. The largest absolute Gasteiger partial charge is 0.312 e. The molecule has 0 aliphatic carbocycles. The number of aromatic nitrogens is 1. The van der Waals surface area contributed by atoms with Gasteiger partial charge in [0.25, 0.3) is 11.6 Å². The third-order valence-corrected chi connectivity index (χ3v) is 8.67. The van der Waals surface area contributed by atoms with Crippen molar-refractivity contribution in [3.05, 3.63) is 75.6 Å². The highest BCUT2D eigenvalue weighted by molar-refractivity contribution is 7.89. The zero-order valence-electron chi connectivity index (χ0n) is 18.6. The number of nitrogens with zero attached hydrogens (tertiary/aromatic N) is 4. The predicted octanol–water partition coefficient (Wildman–Crippen LogP) is 3.96. The van der Waals surface area contributed by atoms with Gasteiger partial charge in [-0.25, -0.2) is 8.42 Å². The van der Waals surface area contributed by atoms with Crippen LogP contribution in [0.4, 0.5) is 5.69 Å². The highest BCUT2D eigenvalue weighted by atomic mass is 32.2. The van der Waals surface area contributed by atoms with Crippen LogP contribution in [0.25, 0.3) is 10.2 Å². The number of hydrogen-bond acceptors (Lipinski definition) is 6. The molecule has 11 heteroatoms. The van der Waals surface area contributed by atoms with E-state index in [2.05, 4.69) is 11.6 Å². The summed E-state index contributed by atoms with van der Waals surface area (Å²) in [5.74, 6) is -0.220. The second-order valence-electron chi connectivity index (χ2n) is 8.24. The Morgan fingerprint density at radius 3 is 2.68 bits per heavy atom. The van der Waals surface area contributed by atoms with E-state index in [4.69, 9.17) is 0 Å². The van der Waals surface area contributed by atoms with E-state index in [1.807, 2.05) is 6.92 Å². The van der Waals surface area contributed by atoms with Gasteiger partial charge < -0.3 is 4.57 Å². The molecular weight excluding hydrogens is 476 g/mol. The first-order valence-electron chi connectivity index (χ1n) is 10.8. The molecule has 0 radical (unpaired) electrons. The summed E-state index contributed by atoms with van der Waals surface area (Å²) in [5.41, 5.74) is 0.913. The molecule has 2 heterocycles. The number of sulfonamides is 1. The average Bonchev–Trinajstić information content (AvgIpc) is 3.15. The van der Waals surface area contributed by atoms with Crippen molar-refractivity contribution in [1.29, 1.82) is 0 Å². The van der Waals surface area contributed by atoms with Gasteiger partial charge in [-0.1, -0.05) is 24.3 Å². The number of nitro benzene ring substituents is 1. The maximum absolute atomic E-state index is 13.0. The summed E-state index contributed by atoms with van der Waals surface area (Å²) in [6, 6.07) is 10.3. The molecule has 4 rings (SSSR count). The Morgan fingerprint density at radius 2 is 2.03 bits per heavy atom. The third-order valence-electron chi connectivity index (χ3n) is 5.74. The van der Waals surface area contributed by atoms with Crippen LogP contribution in [0.3, 0.4) is 0 Å². The van der Waals surface area contributed by atoms with E-state index in [0.717, 1.165) is 12.8 Å². The molecule has 1 fully saturated rings. The Labute approximate surface area is 200 Å². The van der Waals surface area contributed by atoms with Gasteiger partial charge in [0.05, 0.1) is 20.0 Å². The van der Waals surface area contributed by atoms with E-state index in [0.29, 0.717) is 40.6 Å². The van der Waals surface area contributed by atoms with Crippen LogP contribution in [0.5, 0.6) is 0 Å². The van der Waals surface area contributed by atoms with Crippen LogP contribution in [0.1, 0.15) is 30.1 Å². The maximum Gasteiger partial charge on any atom is 0.279 e. The van der Waals surface area contributed by atoms with Gasteiger partial charge >= 0.3 is 0 Å². The number of piperidine rings is 1. The summed E-state index contributed by atoms with van der Waals surface area (Å²) < 4.78 is 29.8. The van der Waals surface area contributed by atoms with Crippen molar-refractivity contribution in [2.45, 2.75) is 31.2 Å². The molecule has 0 bridgehead atoms. The fourth-order valence-electron chi connectivity index (χ4n) is 4.00.